The van der Waals surface area contributed by atoms with E-state index >= 15 is 0 Å². The van der Waals surface area contributed by atoms with Gasteiger partial charge in [0.2, 0.25) is 5.91 Å². The van der Waals surface area contributed by atoms with Gasteiger partial charge in [-0.2, -0.15) is 0 Å². The van der Waals surface area contributed by atoms with Gasteiger partial charge in [-0.1, -0.05) is 13.8 Å². The number of nitrogens with one attached hydrogen (secondary N) is 1. The van der Waals surface area contributed by atoms with Gasteiger partial charge >= 0.3 is 5.97 Å². The first-order valence-corrected chi connectivity index (χ1v) is 6.71. The maximum Gasteiger partial charge on any atom is 0.326 e. The van der Waals surface area contributed by atoms with Crippen molar-refractivity contribution in [3.8, 4) is 0 Å². The minimum Gasteiger partial charge on any atom is -0.480 e. The first-order chi connectivity index (χ1) is 9.02. The van der Waals surface area contributed by atoms with Gasteiger partial charge in [-0.3, -0.25) is 4.79 Å². The average molecular weight is 290 g/mol. The molecule has 0 bridgehead atoms. The maximum atomic E-state index is 11.7. The Balaban J connectivity index is 0. The lowest BCUT2D eigenvalue weighted by atomic mass is 10.1. The minimum absolute atomic E-state index is 0. The number of amides is 1. The van der Waals surface area contributed by atoms with Crippen molar-refractivity contribution < 1.29 is 14.7 Å². The molecule has 0 saturated heterocycles. The van der Waals surface area contributed by atoms with E-state index in [9.17, 15) is 9.59 Å². The number of unbranched alkanes of at least 4 members (excludes halogenated alkanes) is 2. The fourth-order valence-corrected chi connectivity index (χ4v) is 1.67. The normalized spacial score (nSPS) is 13.2. The van der Waals surface area contributed by atoms with E-state index in [4.69, 9.17) is 22.3 Å². The third kappa shape index (κ3) is 9.71. The zero-order chi connectivity index (χ0) is 14.7. The molecule has 0 aliphatic rings. The molecule has 2 unspecified atom stereocenters. The lowest BCUT2D eigenvalue weighted by Gasteiger charge is -2.17. The second-order valence-electron chi connectivity index (χ2n) is 4.57. The van der Waals surface area contributed by atoms with Crippen LogP contribution in [0.25, 0.3) is 0 Å². The highest BCUT2D eigenvalue weighted by Gasteiger charge is 2.22. The van der Waals surface area contributed by atoms with Crippen molar-refractivity contribution in [2.45, 2.75) is 58.0 Å². The summed E-state index contributed by atoms with van der Waals surface area (Å²) in [5.74, 6) is -1.46. The molecule has 2 atom stereocenters. The number of carbonyl (C=O) groups is 2. The monoisotopic (exact) mass is 290 g/mol. The van der Waals surface area contributed by atoms with Crippen LogP contribution in [0.3, 0.4) is 0 Å². The molecule has 8 N–H and O–H groups in total. The Morgan fingerprint density at radius 3 is 1.95 bits per heavy atom. The first kappa shape index (κ1) is 21.1. The Labute approximate surface area is 121 Å². The van der Waals surface area contributed by atoms with Gasteiger partial charge in [-0.25, -0.2) is 4.79 Å². The Kier molecular flexibility index (Phi) is 13.6. The van der Waals surface area contributed by atoms with Gasteiger partial charge in [0, 0.05) is 0 Å². The standard InChI is InChI=1S/C12H26N4O3.CH4/c13-7-3-1-5-9(15)11(17)16-10(12(18)19)6-2-4-8-14;/h9-10H,1-8,13-15H2,(H,16,17)(H,18,19);1H4. The molecule has 0 spiro atoms. The summed E-state index contributed by atoms with van der Waals surface area (Å²) in [7, 11) is 0. The Morgan fingerprint density at radius 1 is 1.00 bits per heavy atom. The zero-order valence-corrected chi connectivity index (χ0v) is 11.3. The van der Waals surface area contributed by atoms with E-state index in [0.717, 1.165) is 19.3 Å². The van der Waals surface area contributed by atoms with Crippen molar-refractivity contribution in [2.75, 3.05) is 13.1 Å². The van der Waals surface area contributed by atoms with Gasteiger partial charge in [-0.15, -0.1) is 0 Å². The van der Waals surface area contributed by atoms with Gasteiger partial charge in [0.15, 0.2) is 0 Å². The molecular weight excluding hydrogens is 260 g/mol. The molecule has 0 fully saturated rings. The Hall–Kier alpha value is -1.18. The van der Waals surface area contributed by atoms with Crippen molar-refractivity contribution in [1.82, 2.24) is 5.32 Å². The number of rotatable bonds is 11. The predicted octanol–water partition coefficient (Wildman–Crippen LogP) is -0.223. The van der Waals surface area contributed by atoms with Crippen molar-refractivity contribution in [2.24, 2.45) is 17.2 Å². The van der Waals surface area contributed by atoms with Crippen LogP contribution in [0.4, 0.5) is 0 Å². The molecule has 0 aromatic rings. The van der Waals surface area contributed by atoms with Gasteiger partial charge in [0.05, 0.1) is 6.04 Å². The molecular formula is C13H30N4O3. The second-order valence-corrected chi connectivity index (χ2v) is 4.57. The van der Waals surface area contributed by atoms with Crippen LogP contribution >= 0.6 is 0 Å². The number of hydrogen-bond acceptors (Lipinski definition) is 5. The molecule has 0 rings (SSSR count). The topological polar surface area (TPSA) is 144 Å². The van der Waals surface area contributed by atoms with Crippen LogP contribution in [-0.2, 0) is 9.59 Å². The largest absolute Gasteiger partial charge is 0.480 e. The molecule has 20 heavy (non-hydrogen) atoms. The highest BCUT2D eigenvalue weighted by molar-refractivity contribution is 5.86. The number of nitrogens with two attached hydrogens (primary N) is 3. The average Bonchev–Trinajstić information content (AvgIpc) is 2.37. The summed E-state index contributed by atoms with van der Waals surface area (Å²) in [4.78, 5) is 22.7. The number of hydrogen-bond donors (Lipinski definition) is 5. The van der Waals surface area contributed by atoms with E-state index in [1.165, 1.54) is 0 Å². The lowest BCUT2D eigenvalue weighted by molar-refractivity contribution is -0.142. The highest BCUT2D eigenvalue weighted by atomic mass is 16.4. The third-order valence-corrected chi connectivity index (χ3v) is 2.87. The lowest BCUT2D eigenvalue weighted by Crippen LogP contribution is -2.48. The molecule has 0 aliphatic heterocycles. The van der Waals surface area contributed by atoms with Crippen LogP contribution < -0.4 is 22.5 Å². The first-order valence-electron chi connectivity index (χ1n) is 6.71. The third-order valence-electron chi connectivity index (χ3n) is 2.87. The van der Waals surface area contributed by atoms with Crippen molar-refractivity contribution >= 4 is 11.9 Å². The summed E-state index contributed by atoms with van der Waals surface area (Å²) in [5.41, 5.74) is 16.4. The SMILES string of the molecule is C.NCCCCC(N)C(=O)NC(CCCCN)C(=O)O. The Bertz CT molecular complexity index is 274. The van der Waals surface area contributed by atoms with E-state index in [-0.39, 0.29) is 7.43 Å². The molecule has 120 valence electrons. The van der Waals surface area contributed by atoms with Crippen molar-refractivity contribution in [1.29, 1.82) is 0 Å². The summed E-state index contributed by atoms with van der Waals surface area (Å²) >= 11 is 0. The molecule has 0 saturated carbocycles. The molecule has 0 aromatic heterocycles. The van der Waals surface area contributed by atoms with Crippen LogP contribution in [0.15, 0.2) is 0 Å². The van der Waals surface area contributed by atoms with Crippen LogP contribution in [0.1, 0.15) is 46.0 Å². The van der Waals surface area contributed by atoms with Crippen molar-refractivity contribution in [3.63, 3.8) is 0 Å². The van der Waals surface area contributed by atoms with E-state index < -0.39 is 24.0 Å². The molecule has 0 aliphatic carbocycles. The second kappa shape index (κ2) is 12.8. The minimum atomic E-state index is -1.04. The summed E-state index contributed by atoms with van der Waals surface area (Å²) < 4.78 is 0. The van der Waals surface area contributed by atoms with Crippen LogP contribution in [0, 0.1) is 0 Å². The van der Waals surface area contributed by atoms with E-state index in [0.29, 0.717) is 32.4 Å². The molecule has 7 nitrogen and oxygen atoms in total. The van der Waals surface area contributed by atoms with E-state index in [1.54, 1.807) is 0 Å². The number of aliphatic carboxylic acids is 1. The number of carboxylic acid groups (broad SMARTS) is 1. The fraction of sp³-hybridized carbons (Fsp3) is 0.846. The van der Waals surface area contributed by atoms with Gasteiger partial charge < -0.3 is 27.6 Å². The van der Waals surface area contributed by atoms with E-state index in [1.807, 2.05) is 0 Å². The molecule has 0 radical (unpaired) electrons. The molecule has 1 amide bonds. The molecule has 7 heteroatoms. The summed E-state index contributed by atoms with van der Waals surface area (Å²) in [6.45, 7) is 1.07. The van der Waals surface area contributed by atoms with Crippen molar-refractivity contribution in [3.05, 3.63) is 0 Å². The zero-order valence-electron chi connectivity index (χ0n) is 11.3. The van der Waals surface area contributed by atoms with Crippen LogP contribution in [0.5, 0.6) is 0 Å². The smallest absolute Gasteiger partial charge is 0.326 e. The summed E-state index contributed by atoms with van der Waals surface area (Å²) in [6.07, 6.45) is 3.85. The number of carboxylic acids is 1. The summed E-state index contributed by atoms with van der Waals surface area (Å²) in [6, 6.07) is -1.57. The van der Waals surface area contributed by atoms with E-state index in [2.05, 4.69) is 5.32 Å². The number of carbonyl (C=O) groups excluding carboxylic acids is 1. The predicted molar refractivity (Wildman–Crippen MR) is 80.1 cm³/mol. The maximum absolute atomic E-state index is 11.7. The van der Waals surface area contributed by atoms with Gasteiger partial charge in [-0.05, 0) is 45.2 Å². The fourth-order valence-electron chi connectivity index (χ4n) is 1.67. The quantitative estimate of drug-likeness (QED) is 0.333. The summed E-state index contributed by atoms with van der Waals surface area (Å²) in [5, 5.41) is 11.5. The van der Waals surface area contributed by atoms with Crippen LogP contribution in [0.2, 0.25) is 0 Å². The molecule has 0 heterocycles. The Morgan fingerprint density at radius 2 is 1.50 bits per heavy atom. The van der Waals surface area contributed by atoms with Gasteiger partial charge in [0.25, 0.3) is 0 Å². The highest BCUT2D eigenvalue weighted by Crippen LogP contribution is 2.03. The molecule has 0 aromatic carbocycles. The van der Waals surface area contributed by atoms with Gasteiger partial charge in [0.1, 0.15) is 6.04 Å². The van der Waals surface area contributed by atoms with Crippen LogP contribution in [-0.4, -0.2) is 42.2 Å².